The van der Waals surface area contributed by atoms with E-state index in [-0.39, 0.29) is 6.42 Å². The molecule has 0 aliphatic heterocycles. The van der Waals surface area contributed by atoms with E-state index in [1.165, 1.54) is 11.3 Å². The molecular weight excluding hydrogens is 220 g/mol. The normalized spacial score (nSPS) is 10.6. The molecule has 2 nitrogen and oxygen atoms in total. The van der Waals surface area contributed by atoms with Crippen LogP contribution < -0.4 is 0 Å². The first-order valence-electron chi connectivity index (χ1n) is 4.05. The lowest BCUT2D eigenvalue weighted by Crippen LogP contribution is -1.99. The van der Waals surface area contributed by atoms with Gasteiger partial charge in [0.05, 0.1) is 11.4 Å². The number of fused-ring (bicyclic) bond motifs is 1. The first-order valence-corrected chi connectivity index (χ1v) is 5.30. The molecule has 0 amide bonds. The highest BCUT2D eigenvalue weighted by Crippen LogP contribution is 2.32. The summed E-state index contributed by atoms with van der Waals surface area (Å²) in [6, 6.07) is 5.60. The highest BCUT2D eigenvalue weighted by atomic mass is 35.5. The van der Waals surface area contributed by atoms with Crippen LogP contribution in [0.2, 0.25) is 5.02 Å². The van der Waals surface area contributed by atoms with Gasteiger partial charge in [-0.3, -0.25) is 4.79 Å². The molecule has 14 heavy (non-hydrogen) atoms. The minimum atomic E-state index is -0.834. The number of aliphatic carboxylic acids is 1. The molecule has 1 heterocycles. The van der Waals surface area contributed by atoms with Crippen LogP contribution in [0.1, 0.15) is 5.56 Å². The highest BCUT2D eigenvalue weighted by molar-refractivity contribution is 7.17. The molecule has 1 N–H and O–H groups in total. The smallest absolute Gasteiger partial charge is 0.307 e. The number of halogens is 1. The Labute approximate surface area is 89.7 Å². The first kappa shape index (κ1) is 9.49. The van der Waals surface area contributed by atoms with E-state index in [9.17, 15) is 4.79 Å². The third-order valence-electron chi connectivity index (χ3n) is 1.98. The molecule has 0 saturated heterocycles. The number of carbonyl (C=O) groups is 1. The standard InChI is InChI=1S/C10H7ClO2S/c11-7-5-14-8-3-1-2-6(10(7)8)4-9(12)13/h1-3,5H,4H2,(H,12,13). The van der Waals surface area contributed by atoms with Crippen LogP contribution in [0.5, 0.6) is 0 Å². The Hall–Kier alpha value is -1.06. The maximum atomic E-state index is 10.6. The lowest BCUT2D eigenvalue weighted by molar-refractivity contribution is -0.136. The molecule has 0 bridgehead atoms. The van der Waals surface area contributed by atoms with Crippen LogP contribution in [0.25, 0.3) is 10.1 Å². The van der Waals surface area contributed by atoms with Gasteiger partial charge in [0.25, 0.3) is 0 Å². The number of carboxylic acid groups (broad SMARTS) is 1. The number of hydrogen-bond acceptors (Lipinski definition) is 2. The Balaban J connectivity index is 2.63. The fourth-order valence-electron chi connectivity index (χ4n) is 1.43. The van der Waals surface area contributed by atoms with Gasteiger partial charge < -0.3 is 5.11 Å². The topological polar surface area (TPSA) is 37.3 Å². The quantitative estimate of drug-likeness (QED) is 0.854. The predicted octanol–water partition coefficient (Wildman–Crippen LogP) is 3.18. The fraction of sp³-hybridized carbons (Fsp3) is 0.100. The van der Waals surface area contributed by atoms with Crippen molar-refractivity contribution in [1.29, 1.82) is 0 Å². The second-order valence-electron chi connectivity index (χ2n) is 2.94. The number of carboxylic acids is 1. The maximum absolute atomic E-state index is 10.6. The van der Waals surface area contributed by atoms with E-state index in [2.05, 4.69) is 0 Å². The first-order chi connectivity index (χ1) is 6.68. The highest BCUT2D eigenvalue weighted by Gasteiger charge is 2.09. The van der Waals surface area contributed by atoms with Crippen LogP contribution in [0, 0.1) is 0 Å². The van der Waals surface area contributed by atoms with Crippen molar-refractivity contribution in [1.82, 2.24) is 0 Å². The van der Waals surface area contributed by atoms with Crippen molar-refractivity contribution in [3.63, 3.8) is 0 Å². The minimum Gasteiger partial charge on any atom is -0.481 e. The number of hydrogen-bond donors (Lipinski definition) is 1. The monoisotopic (exact) mass is 226 g/mol. The van der Waals surface area contributed by atoms with Crippen LogP contribution in [-0.4, -0.2) is 11.1 Å². The van der Waals surface area contributed by atoms with E-state index in [1.54, 1.807) is 6.07 Å². The van der Waals surface area contributed by atoms with E-state index in [0.717, 1.165) is 15.6 Å². The number of thiophene rings is 1. The summed E-state index contributed by atoms with van der Waals surface area (Å²) in [6.07, 6.45) is 0.0216. The van der Waals surface area contributed by atoms with Gasteiger partial charge >= 0.3 is 5.97 Å². The van der Waals surface area contributed by atoms with E-state index in [1.807, 2.05) is 17.5 Å². The van der Waals surface area contributed by atoms with Gasteiger partial charge in [-0.15, -0.1) is 11.3 Å². The second-order valence-corrected chi connectivity index (χ2v) is 4.26. The third kappa shape index (κ3) is 1.61. The zero-order chi connectivity index (χ0) is 10.1. The molecule has 4 heteroatoms. The molecule has 2 aromatic rings. The summed E-state index contributed by atoms with van der Waals surface area (Å²) in [6.45, 7) is 0. The molecule has 0 radical (unpaired) electrons. The van der Waals surface area contributed by atoms with Gasteiger partial charge in [-0.2, -0.15) is 0 Å². The van der Waals surface area contributed by atoms with Crippen molar-refractivity contribution in [3.05, 3.63) is 34.2 Å². The van der Waals surface area contributed by atoms with Gasteiger partial charge in [0, 0.05) is 15.5 Å². The second kappa shape index (κ2) is 3.59. The molecular formula is C10H7ClO2S. The molecule has 0 aliphatic carbocycles. The van der Waals surface area contributed by atoms with Crippen LogP contribution in [0.4, 0.5) is 0 Å². The number of rotatable bonds is 2. The van der Waals surface area contributed by atoms with Gasteiger partial charge in [0.1, 0.15) is 0 Å². The molecule has 1 aromatic heterocycles. The van der Waals surface area contributed by atoms with E-state index < -0.39 is 5.97 Å². The molecule has 0 saturated carbocycles. The van der Waals surface area contributed by atoms with E-state index in [4.69, 9.17) is 16.7 Å². The summed E-state index contributed by atoms with van der Waals surface area (Å²) in [5.74, 6) is -0.834. The molecule has 0 aliphatic rings. The SMILES string of the molecule is O=C(O)Cc1cccc2scc(Cl)c12. The lowest BCUT2D eigenvalue weighted by atomic mass is 10.1. The van der Waals surface area contributed by atoms with E-state index >= 15 is 0 Å². The fourth-order valence-corrected chi connectivity index (χ4v) is 2.71. The van der Waals surface area contributed by atoms with Gasteiger partial charge in [-0.25, -0.2) is 0 Å². The summed E-state index contributed by atoms with van der Waals surface area (Å²) in [4.78, 5) is 10.6. The summed E-state index contributed by atoms with van der Waals surface area (Å²) < 4.78 is 1.04. The van der Waals surface area contributed by atoms with E-state index in [0.29, 0.717) is 5.02 Å². The van der Waals surface area contributed by atoms with Crippen molar-refractivity contribution in [2.45, 2.75) is 6.42 Å². The molecule has 72 valence electrons. The van der Waals surface area contributed by atoms with Crippen molar-refractivity contribution in [2.75, 3.05) is 0 Å². The Bertz CT molecular complexity index is 490. The molecule has 2 rings (SSSR count). The van der Waals surface area contributed by atoms with Crippen molar-refractivity contribution in [2.24, 2.45) is 0 Å². The van der Waals surface area contributed by atoms with Crippen LogP contribution in [0.15, 0.2) is 23.6 Å². The molecule has 0 unspecified atom stereocenters. The zero-order valence-corrected chi connectivity index (χ0v) is 8.73. The minimum absolute atomic E-state index is 0.0216. The van der Waals surface area contributed by atoms with Crippen LogP contribution in [0.3, 0.4) is 0 Å². The molecule has 0 spiro atoms. The summed E-state index contributed by atoms with van der Waals surface area (Å²) >= 11 is 7.51. The summed E-state index contributed by atoms with van der Waals surface area (Å²) in [5.41, 5.74) is 0.779. The summed E-state index contributed by atoms with van der Waals surface area (Å²) in [7, 11) is 0. The molecule has 0 fully saturated rings. The van der Waals surface area contributed by atoms with Crippen molar-refractivity contribution in [3.8, 4) is 0 Å². The van der Waals surface area contributed by atoms with Gasteiger partial charge in [0.2, 0.25) is 0 Å². The Kier molecular flexibility index (Phi) is 2.44. The van der Waals surface area contributed by atoms with Gasteiger partial charge in [-0.05, 0) is 11.6 Å². The maximum Gasteiger partial charge on any atom is 0.307 e. The average Bonchev–Trinajstić information content (AvgIpc) is 2.48. The third-order valence-corrected chi connectivity index (χ3v) is 3.36. The summed E-state index contributed by atoms with van der Waals surface area (Å²) in [5, 5.41) is 12.1. The van der Waals surface area contributed by atoms with Crippen LogP contribution in [-0.2, 0) is 11.2 Å². The van der Waals surface area contributed by atoms with Crippen molar-refractivity contribution < 1.29 is 9.90 Å². The Morgan fingerprint density at radius 2 is 2.29 bits per heavy atom. The largest absolute Gasteiger partial charge is 0.481 e. The Morgan fingerprint density at radius 3 is 3.00 bits per heavy atom. The van der Waals surface area contributed by atoms with Crippen molar-refractivity contribution >= 4 is 39.0 Å². The lowest BCUT2D eigenvalue weighted by Gasteiger charge is -1.99. The molecule has 0 atom stereocenters. The number of benzene rings is 1. The van der Waals surface area contributed by atoms with Gasteiger partial charge in [-0.1, -0.05) is 23.7 Å². The molecule has 1 aromatic carbocycles. The van der Waals surface area contributed by atoms with Gasteiger partial charge in [0.15, 0.2) is 0 Å². The Morgan fingerprint density at radius 1 is 1.50 bits per heavy atom. The predicted molar refractivity (Wildman–Crippen MR) is 58.2 cm³/mol. The van der Waals surface area contributed by atoms with Crippen LogP contribution >= 0.6 is 22.9 Å². The zero-order valence-electron chi connectivity index (χ0n) is 7.16. The average molecular weight is 227 g/mol.